The van der Waals surface area contributed by atoms with Crippen molar-refractivity contribution in [2.75, 3.05) is 5.01 Å². The maximum absolute atomic E-state index is 6.67. The molecule has 2 N–H and O–H groups in total. The molecule has 0 bridgehead atoms. The predicted octanol–water partition coefficient (Wildman–Crippen LogP) is 5.06. The van der Waals surface area contributed by atoms with Gasteiger partial charge in [-0.05, 0) is 61.4 Å². The molecule has 1 atom stereocenters. The molecule has 126 valence electrons. The smallest absolute Gasteiger partial charge is 0.0705 e. The number of aryl methyl sites for hydroxylation is 1. The van der Waals surface area contributed by atoms with Gasteiger partial charge in [-0.25, -0.2) is 0 Å². The SMILES string of the molecule is Cc1cn(N2C3=C(CCCC3)C(N)c3ccccc32)c2ccccc12. The molecule has 25 heavy (non-hydrogen) atoms. The summed E-state index contributed by atoms with van der Waals surface area (Å²) in [6.45, 7) is 2.19. The highest BCUT2D eigenvalue weighted by molar-refractivity contribution is 5.85. The van der Waals surface area contributed by atoms with E-state index in [-0.39, 0.29) is 6.04 Å². The summed E-state index contributed by atoms with van der Waals surface area (Å²) >= 11 is 0. The van der Waals surface area contributed by atoms with Crippen molar-refractivity contribution in [1.29, 1.82) is 0 Å². The van der Waals surface area contributed by atoms with Gasteiger partial charge in [0.1, 0.15) is 0 Å². The van der Waals surface area contributed by atoms with Crippen molar-refractivity contribution >= 4 is 16.6 Å². The lowest BCUT2D eigenvalue weighted by Crippen LogP contribution is -2.37. The van der Waals surface area contributed by atoms with Gasteiger partial charge in [0.25, 0.3) is 0 Å². The second kappa shape index (κ2) is 5.50. The van der Waals surface area contributed by atoms with Crippen LogP contribution in [0, 0.1) is 6.92 Å². The van der Waals surface area contributed by atoms with Gasteiger partial charge in [0.05, 0.1) is 17.2 Å². The van der Waals surface area contributed by atoms with Gasteiger partial charge >= 0.3 is 0 Å². The van der Waals surface area contributed by atoms with Crippen molar-refractivity contribution in [2.45, 2.75) is 38.6 Å². The molecule has 1 aliphatic carbocycles. The molecule has 1 aliphatic heterocycles. The van der Waals surface area contributed by atoms with Gasteiger partial charge in [-0.15, -0.1) is 0 Å². The number of aromatic nitrogens is 1. The quantitative estimate of drug-likeness (QED) is 0.677. The fraction of sp³-hybridized carbons (Fsp3) is 0.273. The van der Waals surface area contributed by atoms with Crippen LogP contribution in [0.4, 0.5) is 5.69 Å². The molecule has 3 nitrogen and oxygen atoms in total. The standard InChI is InChI=1S/C22H23N3/c1-15-14-24(19-11-5-2-8-16(15)19)25-20-12-6-3-9-17(20)22(23)18-10-4-7-13-21(18)25/h2-3,5-6,8-9,11-12,14,22H,4,7,10,13,23H2,1H3. The van der Waals surface area contributed by atoms with Crippen molar-refractivity contribution < 1.29 is 0 Å². The largest absolute Gasteiger partial charge is 0.320 e. The van der Waals surface area contributed by atoms with Crippen LogP contribution in [-0.4, -0.2) is 4.68 Å². The van der Waals surface area contributed by atoms with Crippen LogP contribution in [0.15, 0.2) is 66.0 Å². The van der Waals surface area contributed by atoms with Crippen LogP contribution in [-0.2, 0) is 0 Å². The normalized spacial score (nSPS) is 19.9. The first-order chi connectivity index (χ1) is 12.3. The van der Waals surface area contributed by atoms with Gasteiger partial charge in [-0.1, -0.05) is 36.4 Å². The van der Waals surface area contributed by atoms with E-state index in [1.807, 2.05) is 0 Å². The third kappa shape index (κ3) is 2.09. The summed E-state index contributed by atoms with van der Waals surface area (Å²) in [5.74, 6) is 0. The van der Waals surface area contributed by atoms with E-state index in [0.717, 1.165) is 12.8 Å². The lowest BCUT2D eigenvalue weighted by Gasteiger charge is -2.41. The topological polar surface area (TPSA) is 34.2 Å². The number of nitrogens with two attached hydrogens (primary N) is 1. The summed E-state index contributed by atoms with van der Waals surface area (Å²) in [6, 6.07) is 17.3. The highest BCUT2D eigenvalue weighted by atomic mass is 15.6. The number of allylic oxidation sites excluding steroid dienone is 1. The fourth-order valence-corrected chi connectivity index (χ4v) is 4.51. The first-order valence-corrected chi connectivity index (χ1v) is 9.19. The molecule has 3 aromatic rings. The summed E-state index contributed by atoms with van der Waals surface area (Å²) in [7, 11) is 0. The van der Waals surface area contributed by atoms with E-state index in [9.17, 15) is 0 Å². The number of anilines is 1. The lowest BCUT2D eigenvalue weighted by molar-refractivity contribution is 0.572. The molecule has 2 aromatic carbocycles. The van der Waals surface area contributed by atoms with Crippen LogP contribution < -0.4 is 10.7 Å². The minimum atomic E-state index is 0.0330. The van der Waals surface area contributed by atoms with E-state index in [0.29, 0.717) is 0 Å². The molecule has 0 amide bonds. The molecular weight excluding hydrogens is 306 g/mol. The van der Waals surface area contributed by atoms with E-state index in [2.05, 4.69) is 71.3 Å². The van der Waals surface area contributed by atoms with Crippen LogP contribution in [0.5, 0.6) is 0 Å². The molecule has 0 radical (unpaired) electrons. The summed E-state index contributed by atoms with van der Waals surface area (Å²) in [6.07, 6.45) is 6.95. The molecule has 1 unspecified atom stereocenters. The van der Waals surface area contributed by atoms with Gasteiger partial charge in [0.2, 0.25) is 0 Å². The molecule has 0 spiro atoms. The zero-order valence-electron chi connectivity index (χ0n) is 14.6. The molecule has 0 fully saturated rings. The summed E-state index contributed by atoms with van der Waals surface area (Å²) in [5.41, 5.74) is 14.5. The number of hydrogen-bond donors (Lipinski definition) is 1. The zero-order chi connectivity index (χ0) is 17.0. The van der Waals surface area contributed by atoms with Crippen molar-refractivity contribution in [3.63, 3.8) is 0 Å². The maximum atomic E-state index is 6.67. The summed E-state index contributed by atoms with van der Waals surface area (Å²) in [4.78, 5) is 0. The predicted molar refractivity (Wildman–Crippen MR) is 103 cm³/mol. The van der Waals surface area contributed by atoms with Crippen molar-refractivity contribution in [3.8, 4) is 0 Å². The average molecular weight is 329 g/mol. The van der Waals surface area contributed by atoms with E-state index in [1.165, 1.54) is 51.8 Å². The van der Waals surface area contributed by atoms with Gasteiger partial charge in [0.15, 0.2) is 0 Å². The minimum Gasteiger partial charge on any atom is -0.320 e. The molecule has 0 saturated carbocycles. The van der Waals surface area contributed by atoms with Crippen LogP contribution in [0.1, 0.15) is 42.9 Å². The second-order valence-corrected chi connectivity index (χ2v) is 7.20. The number of hydrogen-bond acceptors (Lipinski definition) is 2. The van der Waals surface area contributed by atoms with Crippen LogP contribution in [0.3, 0.4) is 0 Å². The fourth-order valence-electron chi connectivity index (χ4n) is 4.51. The monoisotopic (exact) mass is 329 g/mol. The first-order valence-electron chi connectivity index (χ1n) is 9.19. The molecule has 3 heteroatoms. The highest BCUT2D eigenvalue weighted by Crippen LogP contribution is 2.45. The Balaban J connectivity index is 1.81. The minimum absolute atomic E-state index is 0.0330. The number of benzene rings is 2. The van der Waals surface area contributed by atoms with E-state index < -0.39 is 0 Å². The maximum Gasteiger partial charge on any atom is 0.0705 e. The first kappa shape index (κ1) is 14.8. The Labute approximate surface area is 148 Å². The van der Waals surface area contributed by atoms with Gasteiger partial charge in [-0.2, -0.15) is 0 Å². The molecule has 1 aromatic heterocycles. The third-order valence-electron chi connectivity index (χ3n) is 5.72. The van der Waals surface area contributed by atoms with Gasteiger partial charge in [0, 0.05) is 17.3 Å². The molecule has 2 heterocycles. The van der Waals surface area contributed by atoms with Crippen molar-refractivity contribution in [2.24, 2.45) is 5.73 Å². The Morgan fingerprint density at radius 1 is 0.960 bits per heavy atom. The Bertz CT molecular complexity index is 995. The molecule has 2 aliphatic rings. The number of fused-ring (bicyclic) bond motifs is 2. The van der Waals surface area contributed by atoms with Crippen molar-refractivity contribution in [3.05, 3.63) is 77.1 Å². The Morgan fingerprint density at radius 2 is 1.72 bits per heavy atom. The van der Waals surface area contributed by atoms with E-state index >= 15 is 0 Å². The zero-order valence-corrected chi connectivity index (χ0v) is 14.6. The third-order valence-corrected chi connectivity index (χ3v) is 5.72. The molecule has 0 saturated heterocycles. The lowest BCUT2D eigenvalue weighted by atomic mass is 9.84. The molecular formula is C22H23N3. The average Bonchev–Trinajstić information content (AvgIpc) is 2.99. The van der Waals surface area contributed by atoms with Crippen molar-refractivity contribution in [1.82, 2.24) is 4.68 Å². The summed E-state index contributed by atoms with van der Waals surface area (Å²) in [5, 5.41) is 3.73. The van der Waals surface area contributed by atoms with Gasteiger partial charge < -0.3 is 5.73 Å². The highest BCUT2D eigenvalue weighted by Gasteiger charge is 2.33. The number of nitrogens with zero attached hydrogens (tertiary/aromatic N) is 2. The Morgan fingerprint density at radius 3 is 2.64 bits per heavy atom. The molecule has 5 rings (SSSR count). The number of para-hydroxylation sites is 2. The summed E-state index contributed by atoms with van der Waals surface area (Å²) < 4.78 is 2.33. The Hall–Kier alpha value is -2.52. The Kier molecular flexibility index (Phi) is 3.25. The van der Waals surface area contributed by atoms with Crippen LogP contribution in [0.25, 0.3) is 10.9 Å². The van der Waals surface area contributed by atoms with E-state index in [4.69, 9.17) is 5.73 Å². The second-order valence-electron chi connectivity index (χ2n) is 7.20. The van der Waals surface area contributed by atoms with Crippen LogP contribution >= 0.6 is 0 Å². The number of rotatable bonds is 1. The van der Waals surface area contributed by atoms with E-state index in [1.54, 1.807) is 0 Å². The van der Waals surface area contributed by atoms with Crippen LogP contribution in [0.2, 0.25) is 0 Å². The van der Waals surface area contributed by atoms with Gasteiger partial charge in [-0.3, -0.25) is 9.69 Å².